The molecule has 1 heterocycles. The Bertz CT molecular complexity index is 179. The highest BCUT2D eigenvalue weighted by molar-refractivity contribution is 6.48. The fourth-order valence-corrected chi connectivity index (χ4v) is 1.65. The second-order valence-corrected chi connectivity index (χ2v) is 5.64. The standard InChI is InChI=1S/C8H16O4Si/c1-4-7(9)11-8(6-5-10-6)12-13(2)3/h6,8,13H,4-5H2,1-3H3. The SMILES string of the molecule is CCC(=O)OC(O[SiH](C)C)C1CO1. The van der Waals surface area contributed by atoms with Gasteiger partial charge in [-0.15, -0.1) is 0 Å². The number of epoxide rings is 1. The number of carbonyl (C=O) groups excluding carboxylic acids is 1. The number of esters is 1. The van der Waals surface area contributed by atoms with Crippen molar-refractivity contribution in [2.45, 2.75) is 38.8 Å². The third-order valence-electron chi connectivity index (χ3n) is 1.61. The maximum absolute atomic E-state index is 11.0. The van der Waals surface area contributed by atoms with Gasteiger partial charge < -0.3 is 13.9 Å². The van der Waals surface area contributed by atoms with E-state index in [0.717, 1.165) is 0 Å². The van der Waals surface area contributed by atoms with Crippen molar-refractivity contribution in [1.29, 1.82) is 0 Å². The van der Waals surface area contributed by atoms with Crippen LogP contribution < -0.4 is 0 Å². The molecule has 0 N–H and O–H groups in total. The predicted molar refractivity (Wildman–Crippen MR) is 49.9 cm³/mol. The lowest BCUT2D eigenvalue weighted by Gasteiger charge is -2.18. The van der Waals surface area contributed by atoms with E-state index in [1.165, 1.54) is 0 Å². The largest absolute Gasteiger partial charge is 0.434 e. The first-order valence-corrected chi connectivity index (χ1v) is 7.38. The molecule has 2 unspecified atom stereocenters. The minimum absolute atomic E-state index is 0.0228. The number of hydrogen-bond donors (Lipinski definition) is 0. The zero-order valence-electron chi connectivity index (χ0n) is 8.28. The molecule has 1 saturated heterocycles. The highest BCUT2D eigenvalue weighted by atomic mass is 28.3. The number of hydrogen-bond acceptors (Lipinski definition) is 4. The van der Waals surface area contributed by atoms with Crippen molar-refractivity contribution in [3.05, 3.63) is 0 Å². The molecular formula is C8H16O4Si. The van der Waals surface area contributed by atoms with Crippen LogP contribution in [0.3, 0.4) is 0 Å². The number of rotatable bonds is 5. The highest BCUT2D eigenvalue weighted by Crippen LogP contribution is 2.19. The molecule has 0 aliphatic carbocycles. The third kappa shape index (κ3) is 3.88. The second kappa shape index (κ2) is 4.73. The smallest absolute Gasteiger partial charge is 0.307 e. The van der Waals surface area contributed by atoms with Crippen molar-refractivity contribution in [2.75, 3.05) is 6.61 Å². The van der Waals surface area contributed by atoms with Crippen LogP contribution in [0.15, 0.2) is 0 Å². The molecule has 13 heavy (non-hydrogen) atoms. The van der Waals surface area contributed by atoms with Gasteiger partial charge in [0.05, 0.1) is 6.61 Å². The van der Waals surface area contributed by atoms with Gasteiger partial charge in [0.2, 0.25) is 6.29 Å². The summed E-state index contributed by atoms with van der Waals surface area (Å²) in [6.07, 6.45) is -0.101. The quantitative estimate of drug-likeness (QED) is 0.286. The van der Waals surface area contributed by atoms with Gasteiger partial charge in [-0.2, -0.15) is 0 Å². The molecule has 0 saturated carbocycles. The van der Waals surface area contributed by atoms with Crippen LogP contribution in [-0.2, 0) is 18.7 Å². The van der Waals surface area contributed by atoms with E-state index in [1.54, 1.807) is 6.92 Å². The van der Waals surface area contributed by atoms with E-state index in [2.05, 4.69) is 0 Å². The lowest BCUT2D eigenvalue weighted by atomic mass is 10.4. The van der Waals surface area contributed by atoms with Crippen LogP contribution in [0.5, 0.6) is 0 Å². The minimum Gasteiger partial charge on any atom is -0.434 e. The summed E-state index contributed by atoms with van der Waals surface area (Å²) in [5, 5.41) is 0. The number of carbonyl (C=O) groups is 1. The molecule has 0 amide bonds. The van der Waals surface area contributed by atoms with Crippen molar-refractivity contribution in [3.8, 4) is 0 Å². The van der Waals surface area contributed by atoms with Gasteiger partial charge in [0.1, 0.15) is 6.10 Å². The molecule has 0 spiro atoms. The summed E-state index contributed by atoms with van der Waals surface area (Å²) in [5.74, 6) is -0.227. The van der Waals surface area contributed by atoms with Gasteiger partial charge in [0.25, 0.3) is 0 Å². The maximum Gasteiger partial charge on any atom is 0.307 e. The Kier molecular flexibility index (Phi) is 3.89. The first-order valence-electron chi connectivity index (χ1n) is 4.60. The lowest BCUT2D eigenvalue weighted by molar-refractivity contribution is -0.166. The van der Waals surface area contributed by atoms with E-state index in [1.807, 2.05) is 13.1 Å². The zero-order chi connectivity index (χ0) is 9.84. The highest BCUT2D eigenvalue weighted by Gasteiger charge is 2.36. The van der Waals surface area contributed by atoms with Crippen LogP contribution in [0, 0.1) is 0 Å². The first-order chi connectivity index (χ1) is 6.13. The fourth-order valence-electron chi connectivity index (χ4n) is 0.885. The Morgan fingerprint density at radius 1 is 1.69 bits per heavy atom. The summed E-state index contributed by atoms with van der Waals surface area (Å²) in [6, 6.07) is 0. The summed E-state index contributed by atoms with van der Waals surface area (Å²) in [6.45, 7) is 6.48. The molecule has 4 nitrogen and oxygen atoms in total. The molecule has 0 aromatic heterocycles. The van der Waals surface area contributed by atoms with E-state index in [4.69, 9.17) is 13.9 Å². The maximum atomic E-state index is 11.0. The van der Waals surface area contributed by atoms with Crippen molar-refractivity contribution < 1.29 is 18.7 Å². The van der Waals surface area contributed by atoms with Gasteiger partial charge in [-0.25, -0.2) is 0 Å². The monoisotopic (exact) mass is 204 g/mol. The van der Waals surface area contributed by atoms with Gasteiger partial charge in [0, 0.05) is 6.42 Å². The molecule has 1 fully saturated rings. The van der Waals surface area contributed by atoms with Crippen LogP contribution in [0.1, 0.15) is 13.3 Å². The Hall–Kier alpha value is -0.393. The van der Waals surface area contributed by atoms with Crippen LogP contribution in [0.2, 0.25) is 13.1 Å². The van der Waals surface area contributed by atoms with Crippen LogP contribution >= 0.6 is 0 Å². The summed E-state index contributed by atoms with van der Waals surface area (Å²) in [5.41, 5.74) is 0. The number of ether oxygens (including phenoxy) is 2. The molecule has 2 atom stereocenters. The molecule has 1 rings (SSSR count). The molecule has 0 bridgehead atoms. The van der Waals surface area contributed by atoms with Gasteiger partial charge >= 0.3 is 5.97 Å². The average Bonchev–Trinajstić information content (AvgIpc) is 2.84. The summed E-state index contributed by atoms with van der Waals surface area (Å²) in [4.78, 5) is 11.0. The third-order valence-corrected chi connectivity index (χ3v) is 2.42. The van der Waals surface area contributed by atoms with Crippen molar-refractivity contribution >= 4 is 15.0 Å². The van der Waals surface area contributed by atoms with Crippen molar-refractivity contribution in [2.24, 2.45) is 0 Å². The van der Waals surface area contributed by atoms with Crippen LogP contribution in [0.4, 0.5) is 0 Å². The summed E-state index contributed by atoms with van der Waals surface area (Å²) >= 11 is 0. The molecule has 1 aliphatic heterocycles. The Morgan fingerprint density at radius 2 is 2.31 bits per heavy atom. The van der Waals surface area contributed by atoms with Gasteiger partial charge in [-0.3, -0.25) is 4.79 Å². The van der Waals surface area contributed by atoms with E-state index in [0.29, 0.717) is 13.0 Å². The first kappa shape index (κ1) is 10.7. The molecule has 0 radical (unpaired) electrons. The van der Waals surface area contributed by atoms with E-state index < -0.39 is 15.3 Å². The lowest BCUT2D eigenvalue weighted by Crippen LogP contribution is -2.30. The average molecular weight is 204 g/mol. The van der Waals surface area contributed by atoms with Crippen molar-refractivity contribution in [3.63, 3.8) is 0 Å². The van der Waals surface area contributed by atoms with Crippen LogP contribution in [0.25, 0.3) is 0 Å². The molecule has 76 valence electrons. The Labute approximate surface area is 79.9 Å². The van der Waals surface area contributed by atoms with E-state index >= 15 is 0 Å². The topological polar surface area (TPSA) is 48.1 Å². The normalized spacial score (nSPS) is 22.9. The second-order valence-electron chi connectivity index (χ2n) is 3.27. The summed E-state index contributed by atoms with van der Waals surface area (Å²) in [7, 11) is -1.17. The van der Waals surface area contributed by atoms with Gasteiger partial charge in [-0.1, -0.05) is 6.92 Å². The summed E-state index contributed by atoms with van der Waals surface area (Å²) < 4.78 is 15.6. The van der Waals surface area contributed by atoms with Gasteiger partial charge in [0.15, 0.2) is 9.04 Å². The minimum atomic E-state index is -1.17. The van der Waals surface area contributed by atoms with E-state index in [9.17, 15) is 4.79 Å². The van der Waals surface area contributed by atoms with Crippen LogP contribution in [-0.4, -0.2) is 34.0 Å². The molecule has 0 aromatic rings. The predicted octanol–water partition coefficient (Wildman–Crippen LogP) is 0.664. The molecule has 1 aliphatic rings. The zero-order valence-corrected chi connectivity index (χ0v) is 9.43. The Balaban J connectivity index is 2.33. The molecule has 5 heteroatoms. The molecular weight excluding hydrogens is 188 g/mol. The van der Waals surface area contributed by atoms with E-state index in [-0.39, 0.29) is 12.1 Å². The van der Waals surface area contributed by atoms with Crippen molar-refractivity contribution in [1.82, 2.24) is 0 Å². The van der Waals surface area contributed by atoms with Gasteiger partial charge in [-0.05, 0) is 13.1 Å². The Morgan fingerprint density at radius 3 is 2.69 bits per heavy atom. The molecule has 0 aromatic carbocycles. The fraction of sp³-hybridized carbons (Fsp3) is 0.875.